The molecule has 76 valence electrons. The van der Waals surface area contributed by atoms with Crippen molar-refractivity contribution in [2.45, 2.75) is 12.6 Å². The zero-order valence-electron chi connectivity index (χ0n) is 7.38. The molecule has 0 saturated carbocycles. The number of rotatable bonds is 1. The highest BCUT2D eigenvalue weighted by Crippen LogP contribution is 2.29. The molecular formula is C9H9F3N2. The predicted octanol–water partition coefficient (Wildman–Crippen LogP) is 2.31. The molecule has 14 heavy (non-hydrogen) atoms. The van der Waals surface area contributed by atoms with Crippen LogP contribution in [0.15, 0.2) is 18.3 Å². The normalized spacial score (nSPS) is 16.6. The number of alkyl halides is 3. The van der Waals surface area contributed by atoms with Crippen LogP contribution in [0.3, 0.4) is 0 Å². The maximum absolute atomic E-state index is 12.2. The van der Waals surface area contributed by atoms with Gasteiger partial charge in [-0.2, -0.15) is 13.2 Å². The third-order valence-electron chi connectivity index (χ3n) is 2.26. The molecule has 0 N–H and O–H groups in total. The van der Waals surface area contributed by atoms with Crippen molar-refractivity contribution < 1.29 is 13.2 Å². The lowest BCUT2D eigenvalue weighted by molar-refractivity contribution is -0.137. The Balaban J connectivity index is 2.17. The van der Waals surface area contributed by atoms with Crippen LogP contribution in [-0.2, 0) is 6.18 Å². The predicted molar refractivity (Wildman–Crippen MR) is 46.1 cm³/mol. The molecule has 2 nitrogen and oxygen atoms in total. The Morgan fingerprint density at radius 2 is 1.93 bits per heavy atom. The molecule has 0 amide bonds. The highest BCUT2D eigenvalue weighted by molar-refractivity contribution is 5.41. The van der Waals surface area contributed by atoms with E-state index in [2.05, 4.69) is 4.98 Å². The number of hydrogen-bond acceptors (Lipinski definition) is 2. The molecule has 1 aromatic heterocycles. The molecule has 1 aliphatic rings. The van der Waals surface area contributed by atoms with Gasteiger partial charge in [-0.15, -0.1) is 0 Å². The van der Waals surface area contributed by atoms with Gasteiger partial charge in [0, 0.05) is 19.3 Å². The third-order valence-corrected chi connectivity index (χ3v) is 2.26. The Morgan fingerprint density at radius 1 is 1.21 bits per heavy atom. The zero-order chi connectivity index (χ0) is 10.2. The van der Waals surface area contributed by atoms with Crippen molar-refractivity contribution in [1.82, 2.24) is 4.98 Å². The zero-order valence-corrected chi connectivity index (χ0v) is 7.38. The van der Waals surface area contributed by atoms with Crippen LogP contribution in [0.2, 0.25) is 0 Å². The smallest absolute Gasteiger partial charge is 0.356 e. The van der Waals surface area contributed by atoms with Crippen LogP contribution in [0.1, 0.15) is 12.0 Å². The van der Waals surface area contributed by atoms with Gasteiger partial charge in [0.05, 0.1) is 5.56 Å². The molecule has 2 rings (SSSR count). The van der Waals surface area contributed by atoms with E-state index in [1.807, 2.05) is 4.90 Å². The Labute approximate surface area is 79.4 Å². The van der Waals surface area contributed by atoms with Gasteiger partial charge in [0.15, 0.2) is 0 Å². The fraction of sp³-hybridized carbons (Fsp3) is 0.444. The van der Waals surface area contributed by atoms with Gasteiger partial charge in [0.1, 0.15) is 5.82 Å². The summed E-state index contributed by atoms with van der Waals surface area (Å²) < 4.78 is 36.5. The first-order chi connectivity index (χ1) is 6.57. The minimum atomic E-state index is -4.29. The minimum absolute atomic E-state index is 0.629. The van der Waals surface area contributed by atoms with Gasteiger partial charge in [0.25, 0.3) is 0 Å². The van der Waals surface area contributed by atoms with E-state index in [1.165, 1.54) is 6.07 Å². The summed E-state index contributed by atoms with van der Waals surface area (Å²) in [5, 5.41) is 0. The number of nitrogens with zero attached hydrogens (tertiary/aromatic N) is 2. The lowest BCUT2D eigenvalue weighted by Crippen LogP contribution is -2.37. The van der Waals surface area contributed by atoms with Gasteiger partial charge in [0.2, 0.25) is 0 Å². The van der Waals surface area contributed by atoms with Crippen molar-refractivity contribution in [3.05, 3.63) is 23.9 Å². The van der Waals surface area contributed by atoms with Crippen molar-refractivity contribution in [1.29, 1.82) is 0 Å². The number of pyridine rings is 1. The van der Waals surface area contributed by atoms with Gasteiger partial charge in [-0.05, 0) is 18.6 Å². The molecule has 2 heterocycles. The monoisotopic (exact) mass is 202 g/mol. The van der Waals surface area contributed by atoms with Gasteiger partial charge in [-0.25, -0.2) is 4.98 Å². The SMILES string of the molecule is FC(F)(F)c1ccc(N2CCC2)nc1. The summed E-state index contributed by atoms with van der Waals surface area (Å²) in [4.78, 5) is 5.72. The first-order valence-corrected chi connectivity index (χ1v) is 4.35. The summed E-state index contributed by atoms with van der Waals surface area (Å²) >= 11 is 0. The first-order valence-electron chi connectivity index (χ1n) is 4.35. The van der Waals surface area contributed by atoms with Crippen LogP contribution < -0.4 is 4.90 Å². The molecule has 0 spiro atoms. The van der Waals surface area contributed by atoms with E-state index in [0.717, 1.165) is 31.8 Å². The van der Waals surface area contributed by atoms with Crippen LogP contribution in [0.4, 0.5) is 19.0 Å². The van der Waals surface area contributed by atoms with Crippen molar-refractivity contribution in [2.75, 3.05) is 18.0 Å². The quantitative estimate of drug-likeness (QED) is 0.694. The van der Waals surface area contributed by atoms with Crippen molar-refractivity contribution in [3.63, 3.8) is 0 Å². The maximum atomic E-state index is 12.2. The Hall–Kier alpha value is -1.26. The summed E-state index contributed by atoms with van der Waals surface area (Å²) in [5.41, 5.74) is -0.693. The average molecular weight is 202 g/mol. The maximum Gasteiger partial charge on any atom is 0.417 e. The van der Waals surface area contributed by atoms with Gasteiger partial charge < -0.3 is 4.90 Å². The Kier molecular flexibility index (Phi) is 2.09. The van der Waals surface area contributed by atoms with E-state index in [-0.39, 0.29) is 0 Å². The van der Waals surface area contributed by atoms with Crippen LogP contribution >= 0.6 is 0 Å². The summed E-state index contributed by atoms with van der Waals surface area (Å²) in [5.74, 6) is 0.629. The molecule has 0 aliphatic carbocycles. The fourth-order valence-electron chi connectivity index (χ4n) is 1.29. The number of anilines is 1. The molecule has 0 atom stereocenters. The number of hydrogen-bond donors (Lipinski definition) is 0. The minimum Gasteiger partial charge on any atom is -0.356 e. The second-order valence-corrected chi connectivity index (χ2v) is 3.24. The summed E-state index contributed by atoms with van der Waals surface area (Å²) in [6, 6.07) is 2.49. The topological polar surface area (TPSA) is 16.1 Å². The molecule has 0 radical (unpaired) electrons. The van der Waals surface area contributed by atoms with Crippen molar-refractivity contribution >= 4 is 5.82 Å². The third kappa shape index (κ3) is 1.66. The van der Waals surface area contributed by atoms with Gasteiger partial charge >= 0.3 is 6.18 Å². The van der Waals surface area contributed by atoms with E-state index in [9.17, 15) is 13.2 Å². The molecule has 0 bridgehead atoms. The first kappa shape index (κ1) is 9.30. The summed E-state index contributed by atoms with van der Waals surface area (Å²) in [6.07, 6.45) is -2.32. The van der Waals surface area contributed by atoms with Crippen LogP contribution in [0.25, 0.3) is 0 Å². The van der Waals surface area contributed by atoms with E-state index in [4.69, 9.17) is 0 Å². The fourth-order valence-corrected chi connectivity index (χ4v) is 1.29. The average Bonchev–Trinajstić information content (AvgIpc) is 2.00. The molecule has 1 aromatic rings. The molecule has 0 unspecified atom stereocenters. The molecule has 1 aliphatic heterocycles. The number of halogens is 3. The van der Waals surface area contributed by atoms with E-state index < -0.39 is 11.7 Å². The second kappa shape index (κ2) is 3.15. The van der Waals surface area contributed by atoms with Crippen LogP contribution in [0.5, 0.6) is 0 Å². The molecular weight excluding hydrogens is 193 g/mol. The lowest BCUT2D eigenvalue weighted by Gasteiger charge is -2.31. The van der Waals surface area contributed by atoms with Crippen LogP contribution in [0, 0.1) is 0 Å². The highest BCUT2D eigenvalue weighted by Gasteiger charge is 2.31. The Morgan fingerprint density at radius 3 is 2.29 bits per heavy atom. The molecule has 5 heteroatoms. The van der Waals surface area contributed by atoms with E-state index in [0.29, 0.717) is 5.82 Å². The Bertz CT molecular complexity index is 314. The van der Waals surface area contributed by atoms with Crippen LogP contribution in [-0.4, -0.2) is 18.1 Å². The highest BCUT2D eigenvalue weighted by atomic mass is 19.4. The standard InChI is InChI=1S/C9H9F3N2/c10-9(11,12)7-2-3-8(13-6-7)14-4-1-5-14/h2-3,6H,1,4-5H2. The van der Waals surface area contributed by atoms with E-state index >= 15 is 0 Å². The van der Waals surface area contributed by atoms with Gasteiger partial charge in [-0.3, -0.25) is 0 Å². The molecule has 1 saturated heterocycles. The molecule has 1 fully saturated rings. The van der Waals surface area contributed by atoms with Crippen molar-refractivity contribution in [3.8, 4) is 0 Å². The van der Waals surface area contributed by atoms with E-state index in [1.54, 1.807) is 0 Å². The van der Waals surface area contributed by atoms with Crippen molar-refractivity contribution in [2.24, 2.45) is 0 Å². The molecule has 0 aromatic carbocycles. The number of aromatic nitrogens is 1. The summed E-state index contributed by atoms with van der Waals surface area (Å²) in [7, 11) is 0. The van der Waals surface area contributed by atoms with Gasteiger partial charge in [-0.1, -0.05) is 0 Å². The largest absolute Gasteiger partial charge is 0.417 e. The summed E-state index contributed by atoms with van der Waals surface area (Å²) in [6.45, 7) is 1.77. The second-order valence-electron chi connectivity index (χ2n) is 3.24. The lowest BCUT2D eigenvalue weighted by atomic mass is 10.2.